The van der Waals surface area contributed by atoms with Crippen molar-refractivity contribution in [3.63, 3.8) is 0 Å². The Balaban J connectivity index is 0.00000200. The van der Waals surface area contributed by atoms with Crippen molar-refractivity contribution >= 4 is 41.3 Å². The van der Waals surface area contributed by atoms with E-state index in [1.165, 1.54) is 30.6 Å². The van der Waals surface area contributed by atoms with Gasteiger partial charge in [0, 0.05) is 18.0 Å². The van der Waals surface area contributed by atoms with Gasteiger partial charge in [-0.25, -0.2) is 4.99 Å². The standard InChI is InChI=1S/C15H25N3S.HI/c1-3-15(8-6-9-15)12-18-14(16-4-2)17-11-13-7-5-10-19-13;/h5,7,10H,3-4,6,8-9,11-12H2,1-2H3,(H2,16,17,18);1H. The molecule has 1 heterocycles. The number of nitrogens with one attached hydrogen (secondary N) is 2. The van der Waals surface area contributed by atoms with Crippen molar-refractivity contribution in [3.05, 3.63) is 22.4 Å². The molecule has 20 heavy (non-hydrogen) atoms. The van der Waals surface area contributed by atoms with E-state index >= 15 is 0 Å². The Morgan fingerprint density at radius 3 is 2.65 bits per heavy atom. The Labute approximate surface area is 143 Å². The predicted molar refractivity (Wildman–Crippen MR) is 99.1 cm³/mol. The molecular weight excluding hydrogens is 381 g/mol. The van der Waals surface area contributed by atoms with Crippen LogP contribution in [0.3, 0.4) is 0 Å². The third-order valence-electron chi connectivity index (χ3n) is 4.11. The van der Waals surface area contributed by atoms with E-state index in [1.807, 2.05) is 0 Å². The highest BCUT2D eigenvalue weighted by Crippen LogP contribution is 2.42. The average molecular weight is 407 g/mol. The van der Waals surface area contributed by atoms with E-state index in [0.717, 1.165) is 25.6 Å². The lowest BCUT2D eigenvalue weighted by atomic mass is 9.67. The summed E-state index contributed by atoms with van der Waals surface area (Å²) < 4.78 is 0. The molecule has 0 radical (unpaired) electrons. The lowest BCUT2D eigenvalue weighted by Gasteiger charge is -2.41. The molecule has 0 bridgehead atoms. The van der Waals surface area contributed by atoms with Crippen molar-refractivity contribution in [2.75, 3.05) is 13.1 Å². The summed E-state index contributed by atoms with van der Waals surface area (Å²) in [5.41, 5.74) is 0.527. The maximum atomic E-state index is 4.66. The molecule has 0 unspecified atom stereocenters. The number of aliphatic imine (C=N–C) groups is 1. The zero-order valence-electron chi connectivity index (χ0n) is 12.4. The summed E-state index contributed by atoms with van der Waals surface area (Å²) in [4.78, 5) is 5.97. The van der Waals surface area contributed by atoms with Crippen LogP contribution in [0.1, 0.15) is 44.4 Å². The SMILES string of the molecule is CCNC(=NCc1cccs1)NCC1(CC)CCC1.I. The maximum Gasteiger partial charge on any atom is 0.191 e. The van der Waals surface area contributed by atoms with Gasteiger partial charge in [0.25, 0.3) is 0 Å². The van der Waals surface area contributed by atoms with Gasteiger partial charge in [0.05, 0.1) is 6.54 Å². The van der Waals surface area contributed by atoms with Gasteiger partial charge in [-0.1, -0.05) is 19.4 Å². The molecule has 1 aliphatic rings. The number of guanidine groups is 1. The number of hydrogen-bond donors (Lipinski definition) is 2. The largest absolute Gasteiger partial charge is 0.357 e. The minimum atomic E-state index is 0. The zero-order chi connectivity index (χ0) is 13.6. The quantitative estimate of drug-likeness (QED) is 0.425. The van der Waals surface area contributed by atoms with Gasteiger partial charge in [-0.2, -0.15) is 0 Å². The van der Waals surface area contributed by atoms with Crippen molar-refractivity contribution in [3.8, 4) is 0 Å². The molecule has 3 nitrogen and oxygen atoms in total. The average Bonchev–Trinajstić information content (AvgIpc) is 2.88. The number of nitrogens with zero attached hydrogens (tertiary/aromatic N) is 1. The highest BCUT2D eigenvalue weighted by molar-refractivity contribution is 14.0. The van der Waals surface area contributed by atoms with E-state index in [0.29, 0.717) is 5.41 Å². The Kier molecular flexibility index (Phi) is 7.87. The molecule has 2 rings (SSSR count). The molecule has 1 aliphatic carbocycles. The number of thiophene rings is 1. The van der Waals surface area contributed by atoms with Crippen LogP contribution >= 0.6 is 35.3 Å². The van der Waals surface area contributed by atoms with Crippen LogP contribution in [0.2, 0.25) is 0 Å². The fraction of sp³-hybridized carbons (Fsp3) is 0.667. The summed E-state index contributed by atoms with van der Waals surface area (Å²) in [7, 11) is 0. The predicted octanol–water partition coefficient (Wildman–Crippen LogP) is 4.00. The van der Waals surface area contributed by atoms with Crippen LogP contribution in [-0.4, -0.2) is 19.0 Å². The van der Waals surface area contributed by atoms with Crippen molar-refractivity contribution in [2.45, 2.75) is 46.1 Å². The van der Waals surface area contributed by atoms with Gasteiger partial charge < -0.3 is 10.6 Å². The summed E-state index contributed by atoms with van der Waals surface area (Å²) in [6.45, 7) is 7.15. The van der Waals surface area contributed by atoms with E-state index in [9.17, 15) is 0 Å². The first-order valence-corrected chi connectivity index (χ1v) is 8.20. The second kappa shape index (κ2) is 8.87. The third-order valence-corrected chi connectivity index (χ3v) is 4.97. The summed E-state index contributed by atoms with van der Waals surface area (Å²) in [5, 5.41) is 8.96. The third kappa shape index (κ3) is 4.91. The van der Waals surface area contributed by atoms with Gasteiger partial charge in [0.2, 0.25) is 0 Å². The van der Waals surface area contributed by atoms with Crippen molar-refractivity contribution in [1.29, 1.82) is 0 Å². The van der Waals surface area contributed by atoms with Crippen LogP contribution in [0.5, 0.6) is 0 Å². The highest BCUT2D eigenvalue weighted by Gasteiger charge is 2.34. The first-order valence-electron chi connectivity index (χ1n) is 7.32. The van der Waals surface area contributed by atoms with Crippen LogP contribution in [0.25, 0.3) is 0 Å². The normalized spacial score (nSPS) is 17.0. The summed E-state index contributed by atoms with van der Waals surface area (Å²) in [6, 6.07) is 4.22. The molecule has 0 spiro atoms. The summed E-state index contributed by atoms with van der Waals surface area (Å²) >= 11 is 1.76. The van der Waals surface area contributed by atoms with Crippen LogP contribution in [0.15, 0.2) is 22.5 Å². The second-order valence-electron chi connectivity index (χ2n) is 5.34. The molecule has 114 valence electrons. The van der Waals surface area contributed by atoms with Gasteiger partial charge in [0.1, 0.15) is 0 Å². The number of rotatable bonds is 6. The Bertz CT molecular complexity index is 394. The van der Waals surface area contributed by atoms with Crippen LogP contribution < -0.4 is 10.6 Å². The molecule has 1 aromatic rings. The van der Waals surface area contributed by atoms with E-state index < -0.39 is 0 Å². The van der Waals surface area contributed by atoms with Gasteiger partial charge in [-0.05, 0) is 43.0 Å². The molecule has 0 saturated heterocycles. The smallest absolute Gasteiger partial charge is 0.191 e. The van der Waals surface area contributed by atoms with Gasteiger partial charge >= 0.3 is 0 Å². The maximum absolute atomic E-state index is 4.66. The van der Waals surface area contributed by atoms with Crippen LogP contribution in [0, 0.1) is 5.41 Å². The second-order valence-corrected chi connectivity index (χ2v) is 6.37. The van der Waals surface area contributed by atoms with E-state index in [1.54, 1.807) is 11.3 Å². The van der Waals surface area contributed by atoms with Gasteiger partial charge in [-0.3, -0.25) is 0 Å². The first kappa shape index (κ1) is 17.8. The zero-order valence-corrected chi connectivity index (χ0v) is 15.6. The molecule has 2 N–H and O–H groups in total. The first-order chi connectivity index (χ1) is 9.28. The number of hydrogen-bond acceptors (Lipinski definition) is 2. The monoisotopic (exact) mass is 407 g/mol. The van der Waals surface area contributed by atoms with Gasteiger partial charge in [0.15, 0.2) is 5.96 Å². The Morgan fingerprint density at radius 2 is 2.15 bits per heavy atom. The van der Waals surface area contributed by atoms with E-state index in [-0.39, 0.29) is 24.0 Å². The molecule has 0 aliphatic heterocycles. The fourth-order valence-electron chi connectivity index (χ4n) is 2.50. The molecule has 0 amide bonds. The minimum Gasteiger partial charge on any atom is -0.357 e. The topological polar surface area (TPSA) is 36.4 Å². The Morgan fingerprint density at radius 1 is 1.35 bits per heavy atom. The molecule has 0 atom stereocenters. The van der Waals surface area contributed by atoms with Crippen LogP contribution in [-0.2, 0) is 6.54 Å². The highest BCUT2D eigenvalue weighted by atomic mass is 127. The fourth-order valence-corrected chi connectivity index (χ4v) is 3.13. The molecule has 0 aromatic carbocycles. The summed E-state index contributed by atoms with van der Waals surface area (Å²) in [5.74, 6) is 0.954. The molecule has 1 saturated carbocycles. The molecule has 1 fully saturated rings. The van der Waals surface area contributed by atoms with E-state index in [2.05, 4.69) is 47.0 Å². The van der Waals surface area contributed by atoms with E-state index in [4.69, 9.17) is 0 Å². The molecule has 5 heteroatoms. The van der Waals surface area contributed by atoms with Crippen molar-refractivity contribution < 1.29 is 0 Å². The van der Waals surface area contributed by atoms with Crippen molar-refractivity contribution in [1.82, 2.24) is 10.6 Å². The minimum absolute atomic E-state index is 0. The number of halogens is 1. The molecule has 1 aromatic heterocycles. The lowest BCUT2D eigenvalue weighted by Crippen LogP contribution is -2.46. The van der Waals surface area contributed by atoms with Crippen molar-refractivity contribution in [2.24, 2.45) is 10.4 Å². The van der Waals surface area contributed by atoms with Gasteiger partial charge in [-0.15, -0.1) is 35.3 Å². The molecular formula is C15H26IN3S. The Hall–Kier alpha value is -0.300. The summed E-state index contributed by atoms with van der Waals surface area (Å²) in [6.07, 6.45) is 5.38. The van der Waals surface area contributed by atoms with Crippen LogP contribution in [0.4, 0.5) is 0 Å². The lowest BCUT2D eigenvalue weighted by molar-refractivity contribution is 0.131.